The fraction of sp³-hybridized carbons (Fsp3) is 1.00. The summed E-state index contributed by atoms with van der Waals surface area (Å²) >= 11 is 0. The van der Waals surface area contributed by atoms with E-state index in [1.807, 2.05) is 20.8 Å². The third-order valence-corrected chi connectivity index (χ3v) is 3.93. The van der Waals surface area contributed by atoms with E-state index in [0.29, 0.717) is 0 Å². The van der Waals surface area contributed by atoms with Crippen LogP contribution < -0.4 is 0 Å². The number of alkyl halides is 3. The zero-order chi connectivity index (χ0) is 13.4. The van der Waals surface area contributed by atoms with Gasteiger partial charge in [0.15, 0.2) is 0 Å². The van der Waals surface area contributed by atoms with Gasteiger partial charge in [-0.3, -0.25) is 0 Å². The van der Waals surface area contributed by atoms with Gasteiger partial charge in [0.25, 0.3) is 0 Å². The van der Waals surface area contributed by atoms with Gasteiger partial charge in [-0.1, -0.05) is 54.9 Å². The Hall–Kier alpha value is -0.210. The lowest BCUT2D eigenvalue weighted by Gasteiger charge is -2.43. The predicted molar refractivity (Wildman–Crippen MR) is 62.2 cm³/mol. The Morgan fingerprint density at radius 2 is 1.31 bits per heavy atom. The molecule has 0 saturated heterocycles. The van der Waals surface area contributed by atoms with Crippen molar-refractivity contribution in [2.45, 2.75) is 61.1 Å². The summed E-state index contributed by atoms with van der Waals surface area (Å²) in [5.41, 5.74) is -1.03. The molecule has 0 aliphatic carbocycles. The van der Waals surface area contributed by atoms with E-state index in [9.17, 15) is 13.2 Å². The van der Waals surface area contributed by atoms with Crippen molar-refractivity contribution in [2.24, 2.45) is 22.7 Å². The molecule has 98 valence electrons. The summed E-state index contributed by atoms with van der Waals surface area (Å²) in [6.07, 6.45) is -3.36. The van der Waals surface area contributed by atoms with E-state index in [0.717, 1.165) is 6.42 Å². The van der Waals surface area contributed by atoms with Crippen LogP contribution >= 0.6 is 0 Å². The number of hydrogen-bond donors (Lipinski definition) is 0. The molecular weight excluding hydrogens is 213 g/mol. The summed E-state index contributed by atoms with van der Waals surface area (Å²) in [5, 5.41) is 0. The van der Waals surface area contributed by atoms with Crippen LogP contribution in [0.4, 0.5) is 13.2 Å². The topological polar surface area (TPSA) is 0 Å². The maximum Gasteiger partial charge on any atom is 0.392 e. The molecule has 0 saturated carbocycles. The summed E-state index contributed by atoms with van der Waals surface area (Å²) in [6, 6.07) is 0. The molecule has 0 aliphatic heterocycles. The van der Waals surface area contributed by atoms with Crippen molar-refractivity contribution < 1.29 is 13.2 Å². The van der Waals surface area contributed by atoms with Gasteiger partial charge < -0.3 is 0 Å². The number of rotatable bonds is 3. The van der Waals surface area contributed by atoms with Crippen LogP contribution in [0.3, 0.4) is 0 Å². The molecule has 0 nitrogen and oxygen atoms in total. The van der Waals surface area contributed by atoms with Crippen LogP contribution in [0.15, 0.2) is 0 Å². The summed E-state index contributed by atoms with van der Waals surface area (Å²) < 4.78 is 39.4. The van der Waals surface area contributed by atoms with Crippen molar-refractivity contribution in [3.63, 3.8) is 0 Å². The first-order chi connectivity index (χ1) is 6.84. The first-order valence-electron chi connectivity index (χ1n) is 5.90. The van der Waals surface area contributed by atoms with Crippen LogP contribution in [0.25, 0.3) is 0 Å². The van der Waals surface area contributed by atoms with Gasteiger partial charge in [0.1, 0.15) is 0 Å². The van der Waals surface area contributed by atoms with Gasteiger partial charge in [-0.05, 0) is 16.7 Å². The molecule has 3 heteroatoms. The molecule has 0 amide bonds. The third kappa shape index (κ3) is 3.67. The Balaban J connectivity index is 5.24. The average Bonchev–Trinajstić information content (AvgIpc) is 1.98. The van der Waals surface area contributed by atoms with Gasteiger partial charge in [0.05, 0.1) is 5.92 Å². The molecule has 0 bridgehead atoms. The Kier molecular flexibility index (Phi) is 4.52. The molecule has 0 N–H and O–H groups in total. The van der Waals surface area contributed by atoms with Crippen molar-refractivity contribution in [3.05, 3.63) is 0 Å². The van der Waals surface area contributed by atoms with Gasteiger partial charge in [-0.25, -0.2) is 0 Å². The molecule has 0 spiro atoms. The Bertz CT molecular complexity index is 206. The minimum Gasteiger partial charge on any atom is -0.171 e. The summed E-state index contributed by atoms with van der Waals surface area (Å²) in [5.74, 6) is -1.63. The van der Waals surface area contributed by atoms with Crippen LogP contribution in [0.2, 0.25) is 0 Å². The fourth-order valence-corrected chi connectivity index (χ4v) is 2.30. The van der Waals surface area contributed by atoms with Crippen molar-refractivity contribution in [1.29, 1.82) is 0 Å². The summed E-state index contributed by atoms with van der Waals surface area (Å²) in [6.45, 7) is 12.5. The lowest BCUT2D eigenvalue weighted by atomic mass is 9.63. The lowest BCUT2D eigenvalue weighted by molar-refractivity contribution is -0.225. The molecule has 0 heterocycles. The van der Waals surface area contributed by atoms with Crippen molar-refractivity contribution >= 4 is 0 Å². The van der Waals surface area contributed by atoms with Crippen molar-refractivity contribution in [2.75, 3.05) is 0 Å². The second-order valence-corrected chi connectivity index (χ2v) is 6.52. The maximum atomic E-state index is 13.1. The Morgan fingerprint density at radius 1 is 0.938 bits per heavy atom. The van der Waals surface area contributed by atoms with E-state index >= 15 is 0 Å². The predicted octanol–water partition coefficient (Wildman–Crippen LogP) is 5.28. The van der Waals surface area contributed by atoms with Crippen LogP contribution in [-0.2, 0) is 0 Å². The highest BCUT2D eigenvalue weighted by molar-refractivity contribution is 4.90. The first-order valence-corrected chi connectivity index (χ1v) is 5.90. The highest BCUT2D eigenvalue weighted by atomic mass is 19.4. The monoisotopic (exact) mass is 238 g/mol. The van der Waals surface area contributed by atoms with Gasteiger partial charge in [0, 0.05) is 0 Å². The minimum atomic E-state index is -4.12. The van der Waals surface area contributed by atoms with Gasteiger partial charge in [-0.15, -0.1) is 0 Å². The van der Waals surface area contributed by atoms with Crippen molar-refractivity contribution in [1.82, 2.24) is 0 Å². The molecular formula is C13H25F3. The molecule has 2 unspecified atom stereocenters. The van der Waals surface area contributed by atoms with Crippen LogP contribution in [0.5, 0.6) is 0 Å². The van der Waals surface area contributed by atoms with Crippen LogP contribution in [-0.4, -0.2) is 6.18 Å². The molecule has 0 aromatic carbocycles. The van der Waals surface area contributed by atoms with Crippen LogP contribution in [0.1, 0.15) is 54.9 Å². The highest BCUT2D eigenvalue weighted by Crippen LogP contribution is 2.50. The second-order valence-electron chi connectivity index (χ2n) is 6.52. The molecule has 16 heavy (non-hydrogen) atoms. The molecule has 0 aromatic heterocycles. The molecule has 0 aliphatic rings. The van der Waals surface area contributed by atoms with E-state index in [-0.39, 0.29) is 11.3 Å². The zero-order valence-corrected chi connectivity index (χ0v) is 11.5. The van der Waals surface area contributed by atoms with Crippen molar-refractivity contribution in [3.8, 4) is 0 Å². The average molecular weight is 238 g/mol. The standard InChI is InChI=1S/C13H25F3/c1-8-12(6,7)9(2)10(11(3,4)5)13(14,15)16/h9-10H,8H2,1-7H3. The smallest absolute Gasteiger partial charge is 0.171 e. The SMILES string of the molecule is CCC(C)(C)C(C)C(C(C)(C)C)C(F)(F)F. The minimum absolute atomic E-state index is 0.284. The van der Waals surface area contributed by atoms with Gasteiger partial charge in [0.2, 0.25) is 0 Å². The van der Waals surface area contributed by atoms with E-state index in [1.54, 1.807) is 27.7 Å². The zero-order valence-electron chi connectivity index (χ0n) is 11.5. The van der Waals surface area contributed by atoms with E-state index in [1.165, 1.54) is 0 Å². The van der Waals surface area contributed by atoms with E-state index in [2.05, 4.69) is 0 Å². The highest BCUT2D eigenvalue weighted by Gasteiger charge is 2.52. The summed E-state index contributed by atoms with van der Waals surface area (Å²) in [7, 11) is 0. The van der Waals surface area contributed by atoms with Gasteiger partial charge in [-0.2, -0.15) is 13.2 Å². The molecule has 0 fully saturated rings. The number of hydrogen-bond acceptors (Lipinski definition) is 0. The molecule has 0 radical (unpaired) electrons. The van der Waals surface area contributed by atoms with E-state index < -0.39 is 17.5 Å². The fourth-order valence-electron chi connectivity index (χ4n) is 2.30. The third-order valence-electron chi connectivity index (χ3n) is 3.93. The van der Waals surface area contributed by atoms with E-state index in [4.69, 9.17) is 0 Å². The molecule has 0 rings (SSSR count). The largest absolute Gasteiger partial charge is 0.392 e. The Labute approximate surface area is 97.6 Å². The Morgan fingerprint density at radius 3 is 1.50 bits per heavy atom. The summed E-state index contributed by atoms with van der Waals surface area (Å²) in [4.78, 5) is 0. The number of halogens is 3. The van der Waals surface area contributed by atoms with Crippen LogP contribution in [0, 0.1) is 22.7 Å². The normalized spacial score (nSPS) is 18.4. The second kappa shape index (κ2) is 4.58. The first kappa shape index (κ1) is 15.8. The maximum absolute atomic E-state index is 13.1. The lowest BCUT2D eigenvalue weighted by Crippen LogP contribution is -2.44. The van der Waals surface area contributed by atoms with Gasteiger partial charge >= 0.3 is 6.18 Å². The quantitative estimate of drug-likeness (QED) is 0.627. The molecule has 2 atom stereocenters. The molecule has 0 aromatic rings.